The van der Waals surface area contributed by atoms with Gasteiger partial charge in [-0.15, -0.1) is 0 Å². The van der Waals surface area contributed by atoms with Gasteiger partial charge in [0.2, 0.25) is 0 Å². The van der Waals surface area contributed by atoms with Gasteiger partial charge in [0.25, 0.3) is 0 Å². The molecule has 6 heteroatoms. The Morgan fingerprint density at radius 1 is 1.30 bits per heavy atom. The first-order valence-electron chi connectivity index (χ1n) is 7.01. The first-order chi connectivity index (χ1) is 9.66. The molecule has 1 fully saturated rings. The molecule has 5 nitrogen and oxygen atoms in total. The third-order valence-electron chi connectivity index (χ3n) is 3.70. The Morgan fingerprint density at radius 3 is 2.55 bits per heavy atom. The molecule has 1 aromatic rings. The van der Waals surface area contributed by atoms with Gasteiger partial charge < -0.3 is 14.8 Å². The van der Waals surface area contributed by atoms with Crippen molar-refractivity contribution in [1.29, 1.82) is 0 Å². The Hall–Kier alpha value is -0.470. The van der Waals surface area contributed by atoms with Crippen LogP contribution in [0.4, 0.5) is 5.82 Å². The van der Waals surface area contributed by atoms with E-state index in [4.69, 9.17) is 14.5 Å². The Labute approximate surface area is 134 Å². The fourth-order valence-corrected chi connectivity index (χ4v) is 2.89. The molecule has 0 aliphatic heterocycles. The summed E-state index contributed by atoms with van der Waals surface area (Å²) < 4.78 is 12.0. The molecule has 0 saturated heterocycles. The van der Waals surface area contributed by atoms with E-state index in [-0.39, 0.29) is 5.60 Å². The molecule has 0 radical (unpaired) electrons. The van der Waals surface area contributed by atoms with Crippen molar-refractivity contribution in [3.63, 3.8) is 0 Å². The third kappa shape index (κ3) is 3.07. The SMILES string of the molecule is CCCNc1nc(C2(OC)CCC2)nc(COC)c1I. The van der Waals surface area contributed by atoms with Gasteiger partial charge in [0.1, 0.15) is 11.4 Å². The second-order valence-corrected chi connectivity index (χ2v) is 6.15. The van der Waals surface area contributed by atoms with Crippen molar-refractivity contribution in [2.45, 2.75) is 44.8 Å². The predicted octanol–water partition coefficient (Wildman–Crippen LogP) is 3.08. The molecule has 0 amide bonds. The number of methoxy groups -OCH3 is 2. The summed E-state index contributed by atoms with van der Waals surface area (Å²) in [6, 6.07) is 0. The minimum Gasteiger partial charge on any atom is -0.378 e. The summed E-state index contributed by atoms with van der Waals surface area (Å²) in [6.45, 7) is 3.54. The molecule has 20 heavy (non-hydrogen) atoms. The molecule has 2 rings (SSSR count). The largest absolute Gasteiger partial charge is 0.378 e. The number of nitrogens with zero attached hydrogens (tertiary/aromatic N) is 2. The fraction of sp³-hybridized carbons (Fsp3) is 0.714. The number of aromatic nitrogens is 2. The van der Waals surface area contributed by atoms with Crippen molar-refractivity contribution in [2.75, 3.05) is 26.1 Å². The van der Waals surface area contributed by atoms with Crippen molar-refractivity contribution in [3.8, 4) is 0 Å². The highest BCUT2D eigenvalue weighted by Gasteiger charge is 2.42. The molecule has 1 aromatic heterocycles. The number of ether oxygens (including phenoxy) is 2. The second kappa shape index (κ2) is 7.00. The molecule has 0 unspecified atom stereocenters. The minimum absolute atomic E-state index is 0.296. The maximum atomic E-state index is 5.70. The van der Waals surface area contributed by atoms with Crippen LogP contribution in [0.1, 0.15) is 44.1 Å². The van der Waals surface area contributed by atoms with Crippen molar-refractivity contribution < 1.29 is 9.47 Å². The number of halogens is 1. The lowest BCUT2D eigenvalue weighted by atomic mass is 9.79. The molecule has 1 aliphatic carbocycles. The second-order valence-electron chi connectivity index (χ2n) is 5.07. The summed E-state index contributed by atoms with van der Waals surface area (Å²) >= 11 is 2.28. The van der Waals surface area contributed by atoms with Crippen molar-refractivity contribution in [2.24, 2.45) is 0 Å². The van der Waals surface area contributed by atoms with E-state index in [1.807, 2.05) is 0 Å². The molecule has 1 heterocycles. The molecule has 1 saturated carbocycles. The Kier molecular flexibility index (Phi) is 5.57. The van der Waals surface area contributed by atoms with Crippen LogP contribution in [0.2, 0.25) is 0 Å². The Bertz CT molecular complexity index is 458. The van der Waals surface area contributed by atoms with E-state index >= 15 is 0 Å². The zero-order valence-corrected chi connectivity index (χ0v) is 14.5. The molecule has 112 valence electrons. The van der Waals surface area contributed by atoms with Gasteiger partial charge >= 0.3 is 0 Å². The quantitative estimate of drug-likeness (QED) is 0.725. The number of hydrogen-bond donors (Lipinski definition) is 1. The predicted molar refractivity (Wildman–Crippen MR) is 86.8 cm³/mol. The highest BCUT2D eigenvalue weighted by atomic mass is 127. The lowest BCUT2D eigenvalue weighted by Gasteiger charge is -2.39. The van der Waals surface area contributed by atoms with Gasteiger partial charge in [-0.2, -0.15) is 0 Å². The first-order valence-corrected chi connectivity index (χ1v) is 8.09. The van der Waals surface area contributed by atoms with Crippen LogP contribution in [0.25, 0.3) is 0 Å². The van der Waals surface area contributed by atoms with E-state index in [9.17, 15) is 0 Å². The Balaban J connectivity index is 2.38. The van der Waals surface area contributed by atoms with Gasteiger partial charge in [-0.25, -0.2) is 9.97 Å². The Morgan fingerprint density at radius 2 is 2.05 bits per heavy atom. The molecule has 0 bridgehead atoms. The molecular weight excluding hydrogens is 369 g/mol. The van der Waals surface area contributed by atoms with Crippen LogP contribution in [0.5, 0.6) is 0 Å². The summed E-state index contributed by atoms with van der Waals surface area (Å²) in [5.74, 6) is 1.69. The maximum absolute atomic E-state index is 5.70. The van der Waals surface area contributed by atoms with Crippen molar-refractivity contribution in [1.82, 2.24) is 9.97 Å². The first kappa shape index (κ1) is 15.9. The number of anilines is 1. The maximum Gasteiger partial charge on any atom is 0.163 e. The molecule has 0 aromatic carbocycles. The van der Waals surface area contributed by atoms with Crippen LogP contribution >= 0.6 is 22.6 Å². The minimum atomic E-state index is -0.296. The van der Waals surface area contributed by atoms with Gasteiger partial charge in [-0.1, -0.05) is 6.92 Å². The highest BCUT2D eigenvalue weighted by molar-refractivity contribution is 14.1. The van der Waals surface area contributed by atoms with Crippen molar-refractivity contribution in [3.05, 3.63) is 15.1 Å². The standard InChI is InChI=1S/C14H22IN3O2/c1-4-8-16-12-11(15)10(9-19-2)17-13(18-12)14(20-3)6-5-7-14/h4-9H2,1-3H3,(H,16,17,18). The van der Waals surface area contributed by atoms with E-state index in [0.717, 1.165) is 46.7 Å². The molecule has 1 N–H and O–H groups in total. The van der Waals surface area contributed by atoms with E-state index < -0.39 is 0 Å². The average Bonchev–Trinajstić information content (AvgIpc) is 2.40. The number of rotatable bonds is 7. The van der Waals surface area contributed by atoms with Gasteiger partial charge in [0, 0.05) is 20.8 Å². The molecule has 0 spiro atoms. The van der Waals surface area contributed by atoms with E-state index in [2.05, 4.69) is 39.8 Å². The monoisotopic (exact) mass is 391 g/mol. The highest BCUT2D eigenvalue weighted by Crippen LogP contribution is 2.43. The fourth-order valence-electron chi connectivity index (χ4n) is 2.31. The zero-order chi connectivity index (χ0) is 14.6. The third-order valence-corrected chi connectivity index (χ3v) is 4.84. The molecular formula is C14H22IN3O2. The molecule has 1 aliphatic rings. The summed E-state index contributed by atoms with van der Waals surface area (Å²) in [5, 5.41) is 3.38. The lowest BCUT2D eigenvalue weighted by molar-refractivity contribution is -0.0848. The lowest BCUT2D eigenvalue weighted by Crippen LogP contribution is -2.38. The summed E-state index contributed by atoms with van der Waals surface area (Å²) in [7, 11) is 3.43. The molecule has 0 atom stereocenters. The summed E-state index contributed by atoms with van der Waals surface area (Å²) in [4.78, 5) is 9.39. The van der Waals surface area contributed by atoms with Crippen LogP contribution in [0.15, 0.2) is 0 Å². The van der Waals surface area contributed by atoms with Crippen LogP contribution in [0.3, 0.4) is 0 Å². The average molecular weight is 391 g/mol. The zero-order valence-electron chi connectivity index (χ0n) is 12.3. The smallest absolute Gasteiger partial charge is 0.163 e. The normalized spacial score (nSPS) is 16.8. The number of nitrogens with one attached hydrogen (secondary N) is 1. The van der Waals surface area contributed by atoms with Gasteiger partial charge in [0.15, 0.2) is 5.82 Å². The van der Waals surface area contributed by atoms with E-state index in [1.165, 1.54) is 6.42 Å². The van der Waals surface area contributed by atoms with Gasteiger partial charge in [-0.3, -0.25) is 0 Å². The summed E-state index contributed by atoms with van der Waals surface area (Å²) in [6.07, 6.45) is 4.21. The van der Waals surface area contributed by atoms with E-state index in [0.29, 0.717) is 6.61 Å². The van der Waals surface area contributed by atoms with Gasteiger partial charge in [0.05, 0.1) is 15.9 Å². The summed E-state index contributed by atoms with van der Waals surface area (Å²) in [5.41, 5.74) is 0.634. The van der Waals surface area contributed by atoms with Crippen molar-refractivity contribution >= 4 is 28.4 Å². The number of hydrogen-bond acceptors (Lipinski definition) is 5. The van der Waals surface area contributed by atoms with Crippen LogP contribution in [-0.4, -0.2) is 30.7 Å². The topological polar surface area (TPSA) is 56.3 Å². The van der Waals surface area contributed by atoms with E-state index in [1.54, 1.807) is 14.2 Å². The van der Waals surface area contributed by atoms with Crippen LogP contribution < -0.4 is 5.32 Å². The van der Waals surface area contributed by atoms with Gasteiger partial charge in [-0.05, 0) is 48.3 Å². The van der Waals surface area contributed by atoms with Crippen LogP contribution in [0, 0.1) is 3.57 Å². The van der Waals surface area contributed by atoms with Crippen LogP contribution in [-0.2, 0) is 21.7 Å².